The third-order valence-corrected chi connectivity index (χ3v) is 3.81. The van der Waals surface area contributed by atoms with E-state index in [1.54, 1.807) is 0 Å². The van der Waals surface area contributed by atoms with Gasteiger partial charge in [-0.1, -0.05) is 13.0 Å². The molecule has 0 amide bonds. The van der Waals surface area contributed by atoms with Crippen LogP contribution in [0.5, 0.6) is 0 Å². The summed E-state index contributed by atoms with van der Waals surface area (Å²) in [4.78, 5) is 0. The number of nitrogens with one attached hydrogen (secondary N) is 1. The van der Waals surface area contributed by atoms with Crippen LogP contribution in [0, 0.1) is 5.82 Å². The first-order valence-corrected chi connectivity index (χ1v) is 7.50. The summed E-state index contributed by atoms with van der Waals surface area (Å²) in [6, 6.07) is 4.66. The lowest BCUT2D eigenvalue weighted by Gasteiger charge is -2.20. The predicted octanol–water partition coefficient (Wildman–Crippen LogP) is 5.00. The summed E-state index contributed by atoms with van der Waals surface area (Å²) in [5, 5.41) is 6.95. The molecule has 0 aliphatic rings. The van der Waals surface area contributed by atoms with Gasteiger partial charge in [0.2, 0.25) is 0 Å². The monoisotopic (exact) mass is 317 g/mol. The van der Waals surface area contributed by atoms with Gasteiger partial charge in [-0.3, -0.25) is 0 Å². The smallest absolute Gasteiger partial charge is 0.306 e. The summed E-state index contributed by atoms with van der Waals surface area (Å²) in [5.74, 6) is -1.24. The molecule has 0 spiro atoms. The van der Waals surface area contributed by atoms with Gasteiger partial charge in [0.05, 0.1) is 11.6 Å². The molecule has 6 heteroatoms. The van der Waals surface area contributed by atoms with Crippen LogP contribution in [0.3, 0.4) is 0 Å². The van der Waals surface area contributed by atoms with Crippen LogP contribution in [0.2, 0.25) is 0 Å². The Morgan fingerprint density at radius 1 is 1.19 bits per heavy atom. The molecular weight excluding hydrogens is 302 g/mol. The van der Waals surface area contributed by atoms with E-state index in [9.17, 15) is 17.6 Å². The van der Waals surface area contributed by atoms with Crippen molar-refractivity contribution in [3.63, 3.8) is 0 Å². The van der Waals surface area contributed by atoms with Gasteiger partial charge in [0.1, 0.15) is 5.82 Å². The summed E-state index contributed by atoms with van der Waals surface area (Å²) >= 11 is 1.47. The molecule has 0 aliphatic heterocycles. The Kier molecular flexibility index (Phi) is 5.00. The summed E-state index contributed by atoms with van der Waals surface area (Å²) in [7, 11) is 0. The third-order valence-electron chi connectivity index (χ3n) is 3.10. The van der Waals surface area contributed by atoms with Crippen molar-refractivity contribution >= 4 is 11.3 Å². The maximum absolute atomic E-state index is 13.4. The molecule has 114 valence electrons. The van der Waals surface area contributed by atoms with Crippen LogP contribution in [0.15, 0.2) is 35.0 Å². The van der Waals surface area contributed by atoms with Crippen molar-refractivity contribution in [2.75, 3.05) is 6.54 Å². The van der Waals surface area contributed by atoms with Crippen LogP contribution >= 0.6 is 11.3 Å². The molecule has 0 aliphatic carbocycles. The van der Waals surface area contributed by atoms with Crippen LogP contribution in [0.1, 0.15) is 36.1 Å². The Balaban J connectivity index is 2.41. The van der Waals surface area contributed by atoms with Crippen molar-refractivity contribution in [3.05, 3.63) is 57.5 Å². The van der Waals surface area contributed by atoms with Crippen molar-refractivity contribution in [1.29, 1.82) is 0 Å². The van der Waals surface area contributed by atoms with Crippen molar-refractivity contribution in [2.24, 2.45) is 0 Å². The van der Waals surface area contributed by atoms with E-state index < -0.39 is 17.6 Å². The predicted molar refractivity (Wildman–Crippen MR) is 75.9 cm³/mol. The molecular formula is C15H15F4NS. The van der Waals surface area contributed by atoms with E-state index in [-0.39, 0.29) is 6.04 Å². The summed E-state index contributed by atoms with van der Waals surface area (Å²) < 4.78 is 51.9. The van der Waals surface area contributed by atoms with Crippen LogP contribution in [-0.2, 0) is 6.18 Å². The topological polar surface area (TPSA) is 12.0 Å². The van der Waals surface area contributed by atoms with Crippen molar-refractivity contribution in [2.45, 2.75) is 25.6 Å². The second kappa shape index (κ2) is 6.58. The average Bonchev–Trinajstić information content (AvgIpc) is 2.93. The van der Waals surface area contributed by atoms with Gasteiger partial charge in [0.15, 0.2) is 0 Å². The normalized spacial score (nSPS) is 13.4. The van der Waals surface area contributed by atoms with Gasteiger partial charge in [-0.15, -0.1) is 0 Å². The highest BCUT2D eigenvalue weighted by Crippen LogP contribution is 2.34. The van der Waals surface area contributed by atoms with Gasteiger partial charge in [-0.05, 0) is 53.1 Å². The number of benzene rings is 1. The van der Waals surface area contributed by atoms with E-state index in [0.717, 1.165) is 24.1 Å². The Bertz CT molecular complexity index is 578. The van der Waals surface area contributed by atoms with Gasteiger partial charge in [0.25, 0.3) is 0 Å². The number of halogens is 4. The molecule has 0 saturated carbocycles. The molecule has 1 heterocycles. The Morgan fingerprint density at radius 2 is 1.95 bits per heavy atom. The van der Waals surface area contributed by atoms with E-state index in [4.69, 9.17) is 0 Å². The first-order chi connectivity index (χ1) is 9.93. The standard InChI is InChI=1S/C15H15F4NS/c1-2-6-20-14(11-5-7-21-9-11)10-3-4-13(16)12(8-10)15(17,18)19/h3-5,7-9,14,20H,2,6H2,1H3. The fourth-order valence-corrected chi connectivity index (χ4v) is 2.78. The number of hydrogen-bond acceptors (Lipinski definition) is 2. The van der Waals surface area contributed by atoms with E-state index >= 15 is 0 Å². The molecule has 21 heavy (non-hydrogen) atoms. The highest BCUT2D eigenvalue weighted by molar-refractivity contribution is 7.08. The molecule has 1 aromatic carbocycles. The third kappa shape index (κ3) is 3.83. The molecule has 0 bridgehead atoms. The van der Waals surface area contributed by atoms with E-state index in [0.29, 0.717) is 12.1 Å². The van der Waals surface area contributed by atoms with E-state index in [1.165, 1.54) is 17.4 Å². The Hall–Kier alpha value is -1.40. The molecule has 2 aromatic rings. The fraction of sp³-hybridized carbons (Fsp3) is 0.333. The lowest BCUT2D eigenvalue weighted by Crippen LogP contribution is -2.23. The first kappa shape index (κ1) is 16.0. The molecule has 0 radical (unpaired) electrons. The lowest BCUT2D eigenvalue weighted by molar-refractivity contribution is -0.140. The Morgan fingerprint density at radius 3 is 2.52 bits per heavy atom. The van der Waals surface area contributed by atoms with Crippen LogP contribution in [0.25, 0.3) is 0 Å². The highest BCUT2D eigenvalue weighted by Gasteiger charge is 2.34. The van der Waals surface area contributed by atoms with E-state index in [1.807, 2.05) is 23.8 Å². The molecule has 0 saturated heterocycles. The quantitative estimate of drug-likeness (QED) is 0.766. The molecule has 1 atom stereocenters. The zero-order valence-electron chi connectivity index (χ0n) is 11.4. The maximum atomic E-state index is 13.4. The van der Waals surface area contributed by atoms with Gasteiger partial charge in [-0.25, -0.2) is 4.39 Å². The van der Waals surface area contributed by atoms with Gasteiger partial charge >= 0.3 is 6.18 Å². The minimum atomic E-state index is -4.69. The average molecular weight is 317 g/mol. The molecule has 1 N–H and O–H groups in total. The first-order valence-electron chi connectivity index (χ1n) is 6.55. The van der Waals surface area contributed by atoms with Crippen molar-refractivity contribution in [3.8, 4) is 0 Å². The fourth-order valence-electron chi connectivity index (χ4n) is 2.10. The summed E-state index contributed by atoms with van der Waals surface area (Å²) in [6.45, 7) is 2.64. The van der Waals surface area contributed by atoms with Crippen LogP contribution < -0.4 is 5.32 Å². The SMILES string of the molecule is CCCNC(c1ccsc1)c1ccc(F)c(C(F)(F)F)c1. The molecule has 1 aromatic heterocycles. The molecule has 0 fully saturated rings. The minimum absolute atomic E-state index is 0.363. The zero-order chi connectivity index (χ0) is 15.5. The number of rotatable bonds is 5. The largest absolute Gasteiger partial charge is 0.419 e. The van der Waals surface area contributed by atoms with Gasteiger partial charge < -0.3 is 5.32 Å². The van der Waals surface area contributed by atoms with Crippen molar-refractivity contribution in [1.82, 2.24) is 5.32 Å². The van der Waals surface area contributed by atoms with E-state index in [2.05, 4.69) is 5.32 Å². The number of thiophene rings is 1. The number of alkyl halides is 3. The van der Waals surface area contributed by atoms with Gasteiger partial charge in [-0.2, -0.15) is 24.5 Å². The van der Waals surface area contributed by atoms with Crippen LogP contribution in [-0.4, -0.2) is 6.54 Å². The van der Waals surface area contributed by atoms with Crippen molar-refractivity contribution < 1.29 is 17.6 Å². The second-order valence-electron chi connectivity index (χ2n) is 4.68. The summed E-state index contributed by atoms with van der Waals surface area (Å²) in [5.41, 5.74) is 0.0716. The zero-order valence-corrected chi connectivity index (χ0v) is 12.2. The molecule has 1 nitrogen and oxygen atoms in total. The highest BCUT2D eigenvalue weighted by atomic mass is 32.1. The number of hydrogen-bond donors (Lipinski definition) is 1. The minimum Gasteiger partial charge on any atom is -0.306 e. The lowest BCUT2D eigenvalue weighted by atomic mass is 9.98. The maximum Gasteiger partial charge on any atom is 0.419 e. The van der Waals surface area contributed by atoms with Crippen LogP contribution in [0.4, 0.5) is 17.6 Å². The summed E-state index contributed by atoms with van der Waals surface area (Å²) in [6.07, 6.45) is -3.84. The molecule has 1 unspecified atom stereocenters. The second-order valence-corrected chi connectivity index (χ2v) is 5.46. The van der Waals surface area contributed by atoms with Gasteiger partial charge in [0, 0.05) is 0 Å². The Labute approximate surface area is 124 Å². The molecule has 2 rings (SSSR count).